The molecule has 2 aromatic carbocycles. The van der Waals surface area contributed by atoms with E-state index < -0.39 is 49.6 Å². The van der Waals surface area contributed by atoms with E-state index in [4.69, 9.17) is 4.74 Å². The Bertz CT molecular complexity index is 1340. The van der Waals surface area contributed by atoms with Crippen molar-refractivity contribution >= 4 is 15.7 Å². The summed E-state index contributed by atoms with van der Waals surface area (Å²) in [4.78, 5) is 15.1. The normalized spacial score (nSPS) is 27.4. The maximum atomic E-state index is 14.8. The summed E-state index contributed by atoms with van der Waals surface area (Å²) in [7, 11) is -4.24. The van der Waals surface area contributed by atoms with E-state index in [0.29, 0.717) is 38.8 Å². The van der Waals surface area contributed by atoms with Gasteiger partial charge in [-0.15, -0.1) is 0 Å². The zero-order chi connectivity index (χ0) is 27.5. The van der Waals surface area contributed by atoms with Gasteiger partial charge in [0.05, 0.1) is 18.1 Å². The maximum absolute atomic E-state index is 14.8. The number of carbonyl (C=O) groups excluding carboxylic acids is 1. The summed E-state index contributed by atoms with van der Waals surface area (Å²) < 4.78 is 101. The lowest BCUT2D eigenvalue weighted by atomic mass is 9.72. The number of ether oxygens (including phenoxy) is 1. The van der Waals surface area contributed by atoms with Crippen LogP contribution in [0.2, 0.25) is 0 Å². The van der Waals surface area contributed by atoms with Crippen molar-refractivity contribution < 1.29 is 39.9 Å². The van der Waals surface area contributed by atoms with Crippen LogP contribution in [0.4, 0.5) is 22.0 Å². The third-order valence-corrected chi connectivity index (χ3v) is 11.1. The molecule has 2 aliphatic carbocycles. The Kier molecular flexibility index (Phi) is 6.61. The number of halogens is 5. The van der Waals surface area contributed by atoms with Crippen molar-refractivity contribution in [2.24, 2.45) is 11.8 Å². The molecule has 1 unspecified atom stereocenters. The molecular weight excluding hydrogens is 529 g/mol. The standard InChI is InChI=1S/C27H28F5NO4S/c1-25(29,27(30,31)32)18-3-9-22-17(16-18)2-8-23-21(24(34)33-12-14-37-15-13-33)10-11-26(22,23)38(35,36)20-6-4-19(28)5-7-20/h3-7,9,16,21,23H,2,8,10-15H2,1H3/t21-,23-,25?,26+/m1/s1. The smallest absolute Gasteiger partial charge is 0.378 e. The van der Waals surface area contributed by atoms with E-state index >= 15 is 0 Å². The van der Waals surface area contributed by atoms with E-state index in [1.807, 2.05) is 0 Å². The average molecular weight is 558 g/mol. The predicted molar refractivity (Wildman–Crippen MR) is 128 cm³/mol. The number of carbonyl (C=O) groups is 1. The van der Waals surface area contributed by atoms with Gasteiger partial charge in [-0.05, 0) is 79.5 Å². The Balaban J connectivity index is 1.65. The Morgan fingerprint density at radius 1 is 1.03 bits per heavy atom. The van der Waals surface area contributed by atoms with Crippen molar-refractivity contribution in [1.82, 2.24) is 4.90 Å². The summed E-state index contributed by atoms with van der Waals surface area (Å²) in [6, 6.07) is 7.79. The summed E-state index contributed by atoms with van der Waals surface area (Å²) in [5.74, 6) is -2.04. The first-order chi connectivity index (χ1) is 17.8. The Hall–Kier alpha value is -2.53. The Morgan fingerprint density at radius 2 is 1.68 bits per heavy atom. The SMILES string of the molecule is CC(F)(c1ccc2c(c1)CC[C@@H]1[C@H](C(=O)N3CCOCC3)CC[C@]21S(=O)(=O)c1ccc(F)cc1)C(F)(F)F. The molecule has 4 atom stereocenters. The Labute approximate surface area is 217 Å². The molecule has 1 amide bonds. The van der Waals surface area contributed by atoms with Crippen molar-refractivity contribution in [2.45, 2.75) is 54.1 Å². The zero-order valence-electron chi connectivity index (χ0n) is 20.7. The number of benzene rings is 2. The highest BCUT2D eigenvalue weighted by Gasteiger charge is 2.62. The fourth-order valence-corrected chi connectivity index (χ4v) is 8.92. The predicted octanol–water partition coefficient (Wildman–Crippen LogP) is 5.07. The number of aryl methyl sites for hydroxylation is 1. The molecular formula is C27H28F5NO4S. The number of nitrogens with zero attached hydrogens (tertiary/aromatic N) is 1. The van der Waals surface area contributed by atoms with Gasteiger partial charge in [0, 0.05) is 19.0 Å². The van der Waals surface area contributed by atoms with Crippen LogP contribution in [-0.2, 0) is 36.2 Å². The number of fused-ring (bicyclic) bond motifs is 3. The van der Waals surface area contributed by atoms with Crippen LogP contribution in [0, 0.1) is 17.7 Å². The summed E-state index contributed by atoms with van der Waals surface area (Å²) >= 11 is 0. The molecule has 3 aliphatic rings. The van der Waals surface area contributed by atoms with Crippen LogP contribution in [-0.4, -0.2) is 51.7 Å². The van der Waals surface area contributed by atoms with Crippen molar-refractivity contribution in [2.75, 3.05) is 26.3 Å². The summed E-state index contributed by atoms with van der Waals surface area (Å²) in [6.45, 7) is 2.00. The lowest BCUT2D eigenvalue weighted by Gasteiger charge is -2.43. The van der Waals surface area contributed by atoms with Crippen LogP contribution in [0.3, 0.4) is 0 Å². The van der Waals surface area contributed by atoms with Gasteiger partial charge in [-0.3, -0.25) is 4.79 Å². The van der Waals surface area contributed by atoms with Gasteiger partial charge in [-0.25, -0.2) is 17.2 Å². The maximum Gasteiger partial charge on any atom is 0.426 e. The largest absolute Gasteiger partial charge is 0.426 e. The van der Waals surface area contributed by atoms with E-state index in [2.05, 4.69) is 0 Å². The van der Waals surface area contributed by atoms with Gasteiger partial charge in [0.25, 0.3) is 0 Å². The molecule has 1 saturated heterocycles. The molecule has 11 heteroatoms. The van der Waals surface area contributed by atoms with Crippen LogP contribution in [0.15, 0.2) is 47.4 Å². The third-order valence-electron chi connectivity index (χ3n) is 8.52. The van der Waals surface area contributed by atoms with E-state index in [0.717, 1.165) is 24.3 Å². The lowest BCUT2D eigenvalue weighted by molar-refractivity contribution is -0.228. The first-order valence-electron chi connectivity index (χ1n) is 12.6. The molecule has 0 N–H and O–H groups in total. The summed E-state index contributed by atoms with van der Waals surface area (Å²) in [5, 5.41) is 0. The van der Waals surface area contributed by atoms with Gasteiger partial charge in [0.1, 0.15) is 10.6 Å². The van der Waals surface area contributed by atoms with Crippen molar-refractivity contribution in [3.8, 4) is 0 Å². The molecule has 2 aromatic rings. The first-order valence-corrected chi connectivity index (χ1v) is 14.1. The van der Waals surface area contributed by atoms with Crippen molar-refractivity contribution in [3.05, 3.63) is 65.0 Å². The topological polar surface area (TPSA) is 63.7 Å². The van der Waals surface area contributed by atoms with Crippen LogP contribution < -0.4 is 0 Å². The fraction of sp³-hybridized carbons (Fsp3) is 0.519. The van der Waals surface area contributed by atoms with Crippen molar-refractivity contribution in [3.63, 3.8) is 0 Å². The minimum Gasteiger partial charge on any atom is -0.378 e. The first kappa shape index (κ1) is 27.1. The fourth-order valence-electron chi connectivity index (χ4n) is 6.45. The van der Waals surface area contributed by atoms with Crippen molar-refractivity contribution in [1.29, 1.82) is 0 Å². The van der Waals surface area contributed by atoms with Gasteiger partial charge < -0.3 is 9.64 Å². The number of morpholine rings is 1. The van der Waals surface area contributed by atoms with Gasteiger partial charge in [0.15, 0.2) is 9.84 Å². The molecule has 206 valence electrons. The summed E-state index contributed by atoms with van der Waals surface area (Å²) in [5.41, 5.74) is -3.61. The number of hydrogen-bond acceptors (Lipinski definition) is 4. The van der Waals surface area contributed by atoms with Gasteiger partial charge >= 0.3 is 6.18 Å². The molecule has 5 rings (SSSR count). The second kappa shape index (κ2) is 9.29. The Morgan fingerprint density at radius 3 is 2.32 bits per heavy atom. The molecule has 2 fully saturated rings. The minimum absolute atomic E-state index is 0.0661. The highest BCUT2D eigenvalue weighted by atomic mass is 32.2. The van der Waals surface area contributed by atoms with Gasteiger partial charge in [-0.2, -0.15) is 13.2 Å². The molecule has 1 saturated carbocycles. The average Bonchev–Trinajstić information content (AvgIpc) is 3.30. The van der Waals surface area contributed by atoms with E-state index in [1.54, 1.807) is 4.90 Å². The van der Waals surface area contributed by atoms with E-state index in [9.17, 15) is 35.2 Å². The number of alkyl halides is 4. The minimum atomic E-state index is -5.15. The highest BCUT2D eigenvalue weighted by molar-refractivity contribution is 7.92. The van der Waals surface area contributed by atoms with Gasteiger partial charge in [-0.1, -0.05) is 18.2 Å². The zero-order valence-corrected chi connectivity index (χ0v) is 21.5. The van der Waals surface area contributed by atoms with Crippen LogP contribution in [0.5, 0.6) is 0 Å². The van der Waals surface area contributed by atoms with Gasteiger partial charge in [0.2, 0.25) is 11.6 Å². The summed E-state index contributed by atoms with van der Waals surface area (Å²) in [6.07, 6.45) is -4.39. The van der Waals surface area contributed by atoms with Crippen LogP contribution >= 0.6 is 0 Å². The quantitative estimate of drug-likeness (QED) is 0.389. The molecule has 5 nitrogen and oxygen atoms in total. The molecule has 0 radical (unpaired) electrons. The number of amides is 1. The van der Waals surface area contributed by atoms with E-state index in [1.165, 1.54) is 18.2 Å². The number of sulfone groups is 1. The second-order valence-corrected chi connectivity index (χ2v) is 12.7. The monoisotopic (exact) mass is 557 g/mol. The highest BCUT2D eigenvalue weighted by Crippen LogP contribution is 2.60. The third kappa shape index (κ3) is 4.04. The molecule has 38 heavy (non-hydrogen) atoms. The van der Waals surface area contributed by atoms with E-state index in [-0.39, 0.29) is 42.0 Å². The number of rotatable bonds is 4. The molecule has 0 bridgehead atoms. The molecule has 0 spiro atoms. The lowest BCUT2D eigenvalue weighted by Crippen LogP contribution is -2.49. The van der Waals surface area contributed by atoms with Crippen LogP contribution in [0.25, 0.3) is 0 Å². The molecule has 1 aliphatic heterocycles. The molecule has 0 aromatic heterocycles. The number of hydrogen-bond donors (Lipinski definition) is 0. The second-order valence-electron chi connectivity index (χ2n) is 10.4. The molecule has 1 heterocycles. The van der Waals surface area contributed by atoms with Crippen LogP contribution in [0.1, 0.15) is 42.9 Å².